The molecule has 4 heteroatoms. The number of nitrogens with zero attached hydrogens (tertiary/aromatic N) is 1. The zero-order chi connectivity index (χ0) is 24.9. The van der Waals surface area contributed by atoms with E-state index in [1.165, 1.54) is 24.8 Å². The van der Waals surface area contributed by atoms with Crippen molar-refractivity contribution in [2.75, 3.05) is 0 Å². The first-order valence-corrected chi connectivity index (χ1v) is 13.9. The highest BCUT2D eigenvalue weighted by Gasteiger charge is 2.71. The van der Waals surface area contributed by atoms with Crippen molar-refractivity contribution in [1.82, 2.24) is 0 Å². The maximum absolute atomic E-state index is 12.8. The van der Waals surface area contributed by atoms with Gasteiger partial charge in [-0.05, 0) is 117 Å². The Hall–Kier alpha value is -1.32. The van der Waals surface area contributed by atoms with E-state index >= 15 is 0 Å². The van der Waals surface area contributed by atoms with Gasteiger partial charge in [0, 0.05) is 5.41 Å². The first kappa shape index (κ1) is 24.4. The summed E-state index contributed by atoms with van der Waals surface area (Å²) < 4.78 is 0. The Labute approximate surface area is 206 Å². The monoisotopic (exact) mass is 469 g/mol. The maximum atomic E-state index is 12.8. The van der Waals surface area contributed by atoms with Gasteiger partial charge in [0.1, 0.15) is 0 Å². The summed E-state index contributed by atoms with van der Waals surface area (Å²) in [6.07, 6.45) is 10.5. The minimum absolute atomic E-state index is 0.0671. The highest BCUT2D eigenvalue weighted by Crippen LogP contribution is 2.77. The van der Waals surface area contributed by atoms with Crippen molar-refractivity contribution in [2.45, 2.75) is 106 Å². The molecule has 0 aromatic carbocycles. The fraction of sp³-hybridized carbons (Fsp3) is 0.867. The number of hydrogen-bond acceptors (Lipinski definition) is 3. The Balaban J connectivity index is 1.56. The molecule has 0 spiro atoms. The Morgan fingerprint density at radius 1 is 0.912 bits per heavy atom. The summed E-state index contributed by atoms with van der Waals surface area (Å²) in [5, 5.41) is 24.0. The number of fused-ring (bicyclic) bond motifs is 7. The van der Waals surface area contributed by atoms with Crippen LogP contribution in [0.4, 0.5) is 0 Å². The fourth-order valence-electron chi connectivity index (χ4n) is 11.5. The lowest BCUT2D eigenvalue weighted by atomic mass is 9.32. The molecule has 5 saturated carbocycles. The Kier molecular flexibility index (Phi) is 5.27. The molecule has 0 aliphatic heterocycles. The van der Waals surface area contributed by atoms with Crippen LogP contribution >= 0.6 is 0 Å². The second-order valence-electron chi connectivity index (χ2n) is 14.4. The maximum Gasteiger partial charge on any atom is 0.309 e. The molecule has 5 aliphatic carbocycles. The number of carboxylic acids is 1. The number of allylic oxidation sites excluding steroid dienone is 1. The molecular formula is C30H47NO3. The predicted octanol–water partition coefficient (Wildman–Crippen LogP) is 7.56. The van der Waals surface area contributed by atoms with E-state index in [4.69, 9.17) is 0 Å². The molecule has 0 aromatic heterocycles. The molecule has 9 atom stereocenters. The predicted molar refractivity (Wildman–Crippen MR) is 136 cm³/mol. The van der Waals surface area contributed by atoms with Gasteiger partial charge in [0.25, 0.3) is 0 Å². The molecule has 0 unspecified atom stereocenters. The summed E-state index contributed by atoms with van der Waals surface area (Å²) in [6, 6.07) is 0. The van der Waals surface area contributed by atoms with E-state index < -0.39 is 11.4 Å². The van der Waals surface area contributed by atoms with Gasteiger partial charge in [-0.1, -0.05) is 51.9 Å². The Morgan fingerprint density at radius 2 is 1.62 bits per heavy atom. The van der Waals surface area contributed by atoms with Crippen LogP contribution in [0.1, 0.15) is 106 Å². The van der Waals surface area contributed by atoms with Crippen LogP contribution < -0.4 is 0 Å². The van der Waals surface area contributed by atoms with Gasteiger partial charge < -0.3 is 10.3 Å². The molecule has 5 aliphatic rings. The van der Waals surface area contributed by atoms with Crippen LogP contribution in [0.25, 0.3) is 0 Å². The SMILES string of the molecule is C=C(C)[C@@H]1CC[C@]2(C(=O)O)CC[C@]3(C)[C@H](CC[C@H]4[C@@]5(C)CC/C(=N\O)C(C)(C)[C@@H]5CC[C@]43C)[C@@H]12. The summed E-state index contributed by atoms with van der Waals surface area (Å²) >= 11 is 0. The van der Waals surface area contributed by atoms with Gasteiger partial charge in [-0.3, -0.25) is 4.79 Å². The van der Waals surface area contributed by atoms with Crippen LogP contribution in [0.3, 0.4) is 0 Å². The summed E-state index contributed by atoms with van der Waals surface area (Å²) in [6.45, 7) is 18.8. The van der Waals surface area contributed by atoms with Crippen LogP contribution in [0.15, 0.2) is 17.3 Å². The largest absolute Gasteiger partial charge is 0.481 e. The van der Waals surface area contributed by atoms with E-state index in [0.29, 0.717) is 23.7 Å². The fourth-order valence-corrected chi connectivity index (χ4v) is 11.5. The lowest BCUT2D eigenvalue weighted by Gasteiger charge is -2.72. The van der Waals surface area contributed by atoms with E-state index in [1.807, 2.05) is 0 Å². The molecule has 0 radical (unpaired) electrons. The van der Waals surface area contributed by atoms with Gasteiger partial charge in [-0.25, -0.2) is 0 Å². The highest BCUT2D eigenvalue weighted by molar-refractivity contribution is 5.90. The molecular weight excluding hydrogens is 422 g/mol. The smallest absolute Gasteiger partial charge is 0.309 e. The quantitative estimate of drug-likeness (QED) is 0.249. The average Bonchev–Trinajstić information content (AvgIpc) is 3.15. The first-order chi connectivity index (χ1) is 15.8. The van der Waals surface area contributed by atoms with Crippen LogP contribution in [-0.2, 0) is 4.79 Å². The summed E-state index contributed by atoms with van der Waals surface area (Å²) in [7, 11) is 0. The molecule has 0 amide bonds. The molecule has 0 aromatic rings. The number of carbonyl (C=O) groups is 1. The van der Waals surface area contributed by atoms with Crippen LogP contribution in [0.2, 0.25) is 0 Å². The topological polar surface area (TPSA) is 69.9 Å². The van der Waals surface area contributed by atoms with Crippen LogP contribution in [0.5, 0.6) is 0 Å². The van der Waals surface area contributed by atoms with Gasteiger partial charge in [-0.2, -0.15) is 0 Å². The number of rotatable bonds is 2. The molecule has 0 bridgehead atoms. The standard InChI is InChI=1S/C30H47NO3/c1-18(2)19-10-15-30(25(32)33)17-16-28(6)20(24(19)30)8-9-22-27(5)13-12-23(31-34)26(3,4)21(27)11-14-29(22,28)7/h19-22,24,34H,1,8-17H2,2-7H3,(H,32,33)/b31-23+/t19-,20+,21-,22-,24+,27-,28+,29+,30-/m0/s1. The van der Waals surface area contributed by atoms with E-state index in [2.05, 4.69) is 53.3 Å². The third kappa shape index (κ3) is 2.72. The van der Waals surface area contributed by atoms with E-state index in [0.717, 1.165) is 50.7 Å². The molecule has 2 N–H and O–H groups in total. The van der Waals surface area contributed by atoms with E-state index in [1.54, 1.807) is 0 Å². The van der Waals surface area contributed by atoms with Crippen molar-refractivity contribution in [2.24, 2.45) is 61.8 Å². The number of aliphatic carboxylic acids is 1. The van der Waals surface area contributed by atoms with Crippen molar-refractivity contribution in [3.8, 4) is 0 Å². The minimum Gasteiger partial charge on any atom is -0.481 e. The summed E-state index contributed by atoms with van der Waals surface area (Å²) in [5.41, 5.74) is 2.20. The number of oxime groups is 1. The normalized spacial score (nSPS) is 52.8. The van der Waals surface area contributed by atoms with Crippen molar-refractivity contribution in [3.05, 3.63) is 12.2 Å². The van der Waals surface area contributed by atoms with Crippen molar-refractivity contribution >= 4 is 11.7 Å². The average molecular weight is 470 g/mol. The third-order valence-electron chi connectivity index (χ3n) is 13.4. The van der Waals surface area contributed by atoms with Gasteiger partial charge in [-0.15, -0.1) is 0 Å². The lowest BCUT2D eigenvalue weighted by Crippen LogP contribution is -2.66. The molecule has 0 heterocycles. The van der Waals surface area contributed by atoms with Crippen LogP contribution in [-0.4, -0.2) is 22.0 Å². The first-order valence-electron chi connectivity index (χ1n) is 13.9. The number of carboxylic acid groups (broad SMARTS) is 1. The van der Waals surface area contributed by atoms with Gasteiger partial charge in [0.15, 0.2) is 0 Å². The van der Waals surface area contributed by atoms with E-state index in [-0.39, 0.29) is 27.6 Å². The van der Waals surface area contributed by atoms with Gasteiger partial charge >= 0.3 is 5.97 Å². The number of hydrogen-bond donors (Lipinski definition) is 2. The second-order valence-corrected chi connectivity index (χ2v) is 14.4. The molecule has 5 fully saturated rings. The second kappa shape index (κ2) is 7.35. The summed E-state index contributed by atoms with van der Waals surface area (Å²) in [4.78, 5) is 12.8. The highest BCUT2D eigenvalue weighted by atomic mass is 16.4. The lowest BCUT2D eigenvalue weighted by molar-refractivity contribution is -0.230. The molecule has 190 valence electrons. The molecule has 5 rings (SSSR count). The van der Waals surface area contributed by atoms with Crippen molar-refractivity contribution in [1.29, 1.82) is 0 Å². The summed E-state index contributed by atoms with van der Waals surface area (Å²) in [5.74, 6) is 1.69. The zero-order valence-electron chi connectivity index (χ0n) is 22.4. The zero-order valence-corrected chi connectivity index (χ0v) is 22.4. The van der Waals surface area contributed by atoms with Gasteiger partial charge in [0.2, 0.25) is 0 Å². The molecule has 0 saturated heterocycles. The Bertz CT molecular complexity index is 937. The third-order valence-corrected chi connectivity index (χ3v) is 13.4. The van der Waals surface area contributed by atoms with Gasteiger partial charge in [0.05, 0.1) is 11.1 Å². The minimum atomic E-state index is -0.545. The molecule has 34 heavy (non-hydrogen) atoms. The molecule has 4 nitrogen and oxygen atoms in total. The van der Waals surface area contributed by atoms with Crippen molar-refractivity contribution < 1.29 is 15.1 Å². The van der Waals surface area contributed by atoms with Crippen molar-refractivity contribution in [3.63, 3.8) is 0 Å². The van der Waals surface area contributed by atoms with E-state index in [9.17, 15) is 15.1 Å². The Morgan fingerprint density at radius 3 is 2.24 bits per heavy atom. The van der Waals surface area contributed by atoms with Crippen LogP contribution in [0, 0.1) is 56.7 Å².